The minimum Gasteiger partial charge on any atom is -0.457 e. The average Bonchev–Trinajstić information content (AvgIpc) is 2.68. The van der Waals surface area contributed by atoms with Gasteiger partial charge in [0.15, 0.2) is 0 Å². The van der Waals surface area contributed by atoms with Gasteiger partial charge in [0.1, 0.15) is 12.4 Å². The highest BCUT2D eigenvalue weighted by atomic mass is 35.5. The van der Waals surface area contributed by atoms with Gasteiger partial charge in [-0.1, -0.05) is 23.7 Å². The molecule has 2 aromatic carbocycles. The summed E-state index contributed by atoms with van der Waals surface area (Å²) in [5.41, 5.74) is 0.708. The molecule has 3 rings (SSSR count). The SMILES string of the molecule is Cc1ccc(S(=O)(=O)N2CCOCC2)cc1C(=O)OCc1c(F)cccc1Cl. The van der Waals surface area contributed by atoms with E-state index in [2.05, 4.69) is 0 Å². The highest BCUT2D eigenvalue weighted by Crippen LogP contribution is 2.23. The summed E-state index contributed by atoms with van der Waals surface area (Å²) < 4.78 is 51.1. The molecule has 0 atom stereocenters. The van der Waals surface area contributed by atoms with Crippen molar-refractivity contribution in [1.29, 1.82) is 0 Å². The molecule has 9 heteroatoms. The van der Waals surface area contributed by atoms with Crippen molar-refractivity contribution in [2.75, 3.05) is 26.3 Å². The van der Waals surface area contributed by atoms with Crippen LogP contribution in [-0.2, 0) is 26.1 Å². The zero-order valence-electron chi connectivity index (χ0n) is 15.2. The zero-order valence-corrected chi connectivity index (χ0v) is 16.7. The number of esters is 1. The number of rotatable bonds is 5. The van der Waals surface area contributed by atoms with E-state index in [0.29, 0.717) is 18.8 Å². The van der Waals surface area contributed by atoms with Crippen LogP contribution in [0.25, 0.3) is 0 Å². The molecule has 0 N–H and O–H groups in total. The lowest BCUT2D eigenvalue weighted by Crippen LogP contribution is -2.40. The van der Waals surface area contributed by atoms with Crippen LogP contribution in [0.4, 0.5) is 4.39 Å². The summed E-state index contributed by atoms with van der Waals surface area (Å²) >= 11 is 5.93. The van der Waals surface area contributed by atoms with E-state index in [1.807, 2.05) is 0 Å². The maximum atomic E-state index is 13.8. The molecule has 0 unspecified atom stereocenters. The molecule has 0 amide bonds. The maximum absolute atomic E-state index is 13.8. The predicted octanol–water partition coefficient (Wildman–Crippen LogP) is 3.17. The highest BCUT2D eigenvalue weighted by molar-refractivity contribution is 7.89. The van der Waals surface area contributed by atoms with Crippen molar-refractivity contribution in [3.63, 3.8) is 0 Å². The van der Waals surface area contributed by atoms with Gasteiger partial charge < -0.3 is 9.47 Å². The lowest BCUT2D eigenvalue weighted by Gasteiger charge is -2.26. The number of hydrogen-bond donors (Lipinski definition) is 0. The van der Waals surface area contributed by atoms with Gasteiger partial charge in [0.05, 0.1) is 28.7 Å². The third-order valence-corrected chi connectivity index (χ3v) is 6.69. The summed E-state index contributed by atoms with van der Waals surface area (Å²) in [6.07, 6.45) is 0. The lowest BCUT2D eigenvalue weighted by atomic mass is 10.1. The van der Waals surface area contributed by atoms with E-state index in [9.17, 15) is 17.6 Å². The Hall–Kier alpha value is -2.00. The van der Waals surface area contributed by atoms with Gasteiger partial charge in [-0.3, -0.25) is 0 Å². The van der Waals surface area contributed by atoms with Gasteiger partial charge >= 0.3 is 5.97 Å². The Morgan fingerprint density at radius 1 is 1.25 bits per heavy atom. The Kier molecular flexibility index (Phi) is 6.34. The number of benzene rings is 2. The molecular formula is C19H19ClFNO5S. The molecule has 0 saturated carbocycles. The maximum Gasteiger partial charge on any atom is 0.338 e. The molecular weight excluding hydrogens is 409 g/mol. The second-order valence-electron chi connectivity index (χ2n) is 6.27. The van der Waals surface area contributed by atoms with E-state index in [0.717, 1.165) is 0 Å². The van der Waals surface area contributed by atoms with Crippen LogP contribution in [0.2, 0.25) is 5.02 Å². The Morgan fingerprint density at radius 3 is 2.64 bits per heavy atom. The number of aryl methyl sites for hydroxylation is 1. The van der Waals surface area contributed by atoms with Gasteiger partial charge in [-0.2, -0.15) is 4.31 Å². The molecule has 6 nitrogen and oxygen atoms in total. The van der Waals surface area contributed by atoms with Crippen LogP contribution in [0, 0.1) is 12.7 Å². The first kappa shape index (κ1) is 20.7. The summed E-state index contributed by atoms with van der Waals surface area (Å²) in [7, 11) is -3.75. The van der Waals surface area contributed by atoms with Gasteiger partial charge in [0, 0.05) is 18.7 Å². The fraction of sp³-hybridized carbons (Fsp3) is 0.316. The Balaban J connectivity index is 1.82. The van der Waals surface area contributed by atoms with Crippen molar-refractivity contribution in [1.82, 2.24) is 4.31 Å². The highest BCUT2D eigenvalue weighted by Gasteiger charge is 2.27. The summed E-state index contributed by atoms with van der Waals surface area (Å²) in [5.74, 6) is -1.34. The van der Waals surface area contributed by atoms with Crippen LogP contribution in [0.15, 0.2) is 41.3 Å². The van der Waals surface area contributed by atoms with E-state index in [1.165, 1.54) is 34.6 Å². The van der Waals surface area contributed by atoms with Gasteiger partial charge in [0.2, 0.25) is 10.0 Å². The standard InChI is InChI=1S/C19H19ClFNO5S/c1-13-5-6-14(28(24,25)22-7-9-26-10-8-22)11-15(13)19(23)27-12-16-17(20)3-2-4-18(16)21/h2-6,11H,7-10,12H2,1H3. The van der Waals surface area contributed by atoms with Crippen LogP contribution >= 0.6 is 11.6 Å². The number of sulfonamides is 1. The van der Waals surface area contributed by atoms with Crippen molar-refractivity contribution in [3.8, 4) is 0 Å². The van der Waals surface area contributed by atoms with Crippen LogP contribution in [-0.4, -0.2) is 45.0 Å². The number of ether oxygens (including phenoxy) is 2. The number of carbonyl (C=O) groups is 1. The molecule has 0 spiro atoms. The first-order valence-corrected chi connectivity index (χ1v) is 10.4. The predicted molar refractivity (Wildman–Crippen MR) is 101 cm³/mol. The zero-order chi connectivity index (χ0) is 20.3. The molecule has 0 radical (unpaired) electrons. The smallest absolute Gasteiger partial charge is 0.338 e. The number of nitrogens with zero attached hydrogens (tertiary/aromatic N) is 1. The number of morpholine rings is 1. The minimum atomic E-state index is -3.75. The van der Waals surface area contributed by atoms with Crippen LogP contribution in [0.1, 0.15) is 21.5 Å². The van der Waals surface area contributed by atoms with Gasteiger partial charge in [0.25, 0.3) is 0 Å². The Labute approximate surface area is 167 Å². The summed E-state index contributed by atoms with van der Waals surface area (Å²) in [5, 5.41) is 0.146. The fourth-order valence-electron chi connectivity index (χ4n) is 2.80. The fourth-order valence-corrected chi connectivity index (χ4v) is 4.46. The average molecular weight is 428 g/mol. The van der Waals surface area contributed by atoms with Crippen LogP contribution in [0.3, 0.4) is 0 Å². The van der Waals surface area contributed by atoms with Crippen molar-refractivity contribution in [2.24, 2.45) is 0 Å². The normalized spacial score (nSPS) is 15.4. The third-order valence-electron chi connectivity index (χ3n) is 4.45. The number of carbonyl (C=O) groups excluding carboxylic acids is 1. The van der Waals surface area contributed by atoms with Gasteiger partial charge in [-0.15, -0.1) is 0 Å². The first-order valence-electron chi connectivity index (χ1n) is 8.59. The van der Waals surface area contributed by atoms with Gasteiger partial charge in [-0.25, -0.2) is 17.6 Å². The van der Waals surface area contributed by atoms with Crippen molar-refractivity contribution in [3.05, 3.63) is 63.9 Å². The molecule has 1 aliphatic heterocycles. The van der Waals surface area contributed by atoms with Crippen molar-refractivity contribution in [2.45, 2.75) is 18.4 Å². The van der Waals surface area contributed by atoms with Crippen molar-refractivity contribution < 1.29 is 27.1 Å². The lowest BCUT2D eigenvalue weighted by molar-refractivity contribution is 0.0468. The Morgan fingerprint density at radius 2 is 1.96 bits per heavy atom. The quantitative estimate of drug-likeness (QED) is 0.685. The molecule has 2 aromatic rings. The van der Waals surface area contributed by atoms with E-state index in [-0.39, 0.29) is 40.7 Å². The molecule has 0 bridgehead atoms. The second-order valence-corrected chi connectivity index (χ2v) is 8.61. The molecule has 1 fully saturated rings. The largest absolute Gasteiger partial charge is 0.457 e. The van der Waals surface area contributed by atoms with E-state index >= 15 is 0 Å². The van der Waals surface area contributed by atoms with E-state index in [4.69, 9.17) is 21.1 Å². The molecule has 1 heterocycles. The van der Waals surface area contributed by atoms with E-state index in [1.54, 1.807) is 13.0 Å². The molecule has 0 aromatic heterocycles. The topological polar surface area (TPSA) is 72.9 Å². The third kappa shape index (κ3) is 4.35. The number of hydrogen-bond acceptors (Lipinski definition) is 5. The minimum absolute atomic E-state index is 0.00382. The second kappa shape index (κ2) is 8.57. The molecule has 0 aliphatic carbocycles. The number of halogens is 2. The van der Waals surface area contributed by atoms with Crippen LogP contribution in [0.5, 0.6) is 0 Å². The Bertz CT molecular complexity index is 970. The van der Waals surface area contributed by atoms with Crippen LogP contribution < -0.4 is 0 Å². The van der Waals surface area contributed by atoms with Crippen molar-refractivity contribution >= 4 is 27.6 Å². The summed E-state index contributed by atoms with van der Waals surface area (Å²) in [4.78, 5) is 12.5. The first-order chi connectivity index (χ1) is 13.3. The molecule has 1 saturated heterocycles. The molecule has 28 heavy (non-hydrogen) atoms. The molecule has 150 valence electrons. The summed E-state index contributed by atoms with van der Waals surface area (Å²) in [6.45, 7) is 2.46. The summed E-state index contributed by atoms with van der Waals surface area (Å²) in [6, 6.07) is 8.44. The monoisotopic (exact) mass is 427 g/mol. The van der Waals surface area contributed by atoms with E-state index < -0.39 is 21.8 Å². The molecule has 1 aliphatic rings. The van der Waals surface area contributed by atoms with Gasteiger partial charge in [-0.05, 0) is 36.8 Å².